The summed E-state index contributed by atoms with van der Waals surface area (Å²) in [4.78, 5) is 7.27. The Bertz CT molecular complexity index is 796. The lowest BCUT2D eigenvalue weighted by Crippen LogP contribution is -2.45. The van der Waals surface area contributed by atoms with Gasteiger partial charge in [0.2, 0.25) is 15.0 Å². The molecule has 1 aromatic carbocycles. The lowest BCUT2D eigenvalue weighted by molar-refractivity contribution is 0.0891. The molecule has 1 unspecified atom stereocenters. The molecule has 145 valence electrons. The van der Waals surface area contributed by atoms with Crippen molar-refractivity contribution in [2.75, 3.05) is 11.9 Å². The minimum absolute atomic E-state index is 0.128. The zero-order valence-electron chi connectivity index (χ0n) is 16.9. The molecule has 0 amide bonds. The summed E-state index contributed by atoms with van der Waals surface area (Å²) in [6, 6.07) is 6.04. The first-order chi connectivity index (χ1) is 12.6. The van der Waals surface area contributed by atoms with Gasteiger partial charge in [-0.2, -0.15) is 5.26 Å². The van der Waals surface area contributed by atoms with Crippen LogP contribution in [-0.4, -0.2) is 38.7 Å². The molecule has 2 aliphatic rings. The molecule has 5 nitrogen and oxygen atoms in total. The SMILES string of the molecule is Cc1c(NC2=NC(O[Si](C)C)[C@H]3[C@@H](C(C)(C)C)CCN23)ccc(C#N)c1Cl. The number of benzene rings is 1. The van der Waals surface area contributed by atoms with Crippen LogP contribution >= 0.6 is 11.6 Å². The van der Waals surface area contributed by atoms with E-state index in [-0.39, 0.29) is 17.7 Å². The Balaban J connectivity index is 1.90. The Morgan fingerprint density at radius 1 is 1.37 bits per heavy atom. The highest BCUT2D eigenvalue weighted by Gasteiger charge is 2.50. The first-order valence-corrected chi connectivity index (χ1v) is 12.2. The highest BCUT2D eigenvalue weighted by molar-refractivity contribution is 6.48. The molecule has 1 N–H and O–H groups in total. The Morgan fingerprint density at radius 2 is 2.07 bits per heavy atom. The Hall–Kier alpha value is -1.55. The summed E-state index contributed by atoms with van der Waals surface area (Å²) in [5, 5.41) is 13.1. The Kier molecular flexibility index (Phi) is 5.58. The summed E-state index contributed by atoms with van der Waals surface area (Å²) in [5.41, 5.74) is 2.44. The lowest BCUT2D eigenvalue weighted by atomic mass is 9.76. The van der Waals surface area contributed by atoms with Crippen LogP contribution in [0.1, 0.15) is 38.3 Å². The van der Waals surface area contributed by atoms with E-state index in [1.54, 1.807) is 6.07 Å². The van der Waals surface area contributed by atoms with Crippen molar-refractivity contribution in [1.29, 1.82) is 5.26 Å². The molecule has 0 saturated carbocycles. The second-order valence-corrected chi connectivity index (χ2v) is 11.1. The number of hydrogen-bond donors (Lipinski definition) is 1. The van der Waals surface area contributed by atoms with Crippen LogP contribution in [0.2, 0.25) is 18.1 Å². The maximum absolute atomic E-state index is 9.16. The number of guanidine groups is 1. The number of nitrogens with one attached hydrogen (secondary N) is 1. The van der Waals surface area contributed by atoms with E-state index in [2.05, 4.69) is 50.2 Å². The fourth-order valence-electron chi connectivity index (χ4n) is 4.10. The average Bonchev–Trinajstić information content (AvgIpc) is 3.13. The average molecular weight is 404 g/mol. The summed E-state index contributed by atoms with van der Waals surface area (Å²) in [6.07, 6.45) is 1.01. The third kappa shape index (κ3) is 3.87. The molecule has 1 fully saturated rings. The number of rotatable bonds is 3. The number of nitriles is 1. The predicted octanol–water partition coefficient (Wildman–Crippen LogP) is 4.63. The van der Waals surface area contributed by atoms with E-state index in [0.29, 0.717) is 16.5 Å². The van der Waals surface area contributed by atoms with E-state index >= 15 is 0 Å². The van der Waals surface area contributed by atoms with Gasteiger partial charge >= 0.3 is 0 Å². The second kappa shape index (κ2) is 7.46. The largest absolute Gasteiger partial charge is 0.394 e. The summed E-state index contributed by atoms with van der Waals surface area (Å²) < 4.78 is 6.27. The molecule has 27 heavy (non-hydrogen) atoms. The van der Waals surface area contributed by atoms with Gasteiger partial charge in [-0.05, 0) is 55.5 Å². The quantitative estimate of drug-likeness (QED) is 0.747. The van der Waals surface area contributed by atoms with Crippen LogP contribution in [0.3, 0.4) is 0 Å². The highest BCUT2D eigenvalue weighted by atomic mass is 35.5. The Morgan fingerprint density at radius 3 is 2.67 bits per heavy atom. The van der Waals surface area contributed by atoms with E-state index in [4.69, 9.17) is 26.3 Å². The van der Waals surface area contributed by atoms with E-state index in [1.807, 2.05) is 13.0 Å². The lowest BCUT2D eigenvalue weighted by Gasteiger charge is -2.35. The van der Waals surface area contributed by atoms with Crippen LogP contribution in [0.25, 0.3) is 0 Å². The molecule has 1 radical (unpaired) electrons. The fourth-order valence-corrected chi connectivity index (χ4v) is 4.98. The molecule has 1 aromatic rings. The molecular formula is C20H28ClN4OSi. The first-order valence-electron chi connectivity index (χ1n) is 9.41. The molecule has 2 aliphatic heterocycles. The number of fused-ring (bicyclic) bond motifs is 1. The van der Waals surface area contributed by atoms with Crippen molar-refractivity contribution in [2.45, 2.75) is 59.5 Å². The number of hydrogen-bond acceptors (Lipinski definition) is 5. The van der Waals surface area contributed by atoms with Gasteiger partial charge in [0, 0.05) is 12.2 Å². The van der Waals surface area contributed by atoms with Gasteiger partial charge in [-0.15, -0.1) is 0 Å². The third-order valence-corrected chi connectivity index (χ3v) is 6.69. The fraction of sp³-hybridized carbons (Fsp3) is 0.600. The first kappa shape index (κ1) is 20.2. The van der Waals surface area contributed by atoms with Crippen molar-refractivity contribution in [2.24, 2.45) is 16.3 Å². The van der Waals surface area contributed by atoms with E-state index < -0.39 is 9.04 Å². The van der Waals surface area contributed by atoms with Gasteiger partial charge in [-0.25, -0.2) is 4.99 Å². The van der Waals surface area contributed by atoms with Crippen molar-refractivity contribution >= 4 is 32.3 Å². The van der Waals surface area contributed by atoms with Crippen molar-refractivity contribution < 1.29 is 4.43 Å². The number of anilines is 1. The van der Waals surface area contributed by atoms with Crippen molar-refractivity contribution in [1.82, 2.24) is 4.90 Å². The Labute approximate surface area is 169 Å². The zero-order chi connectivity index (χ0) is 19.9. The van der Waals surface area contributed by atoms with Crippen molar-refractivity contribution in [3.63, 3.8) is 0 Å². The zero-order valence-corrected chi connectivity index (χ0v) is 18.7. The molecular weight excluding hydrogens is 376 g/mol. The smallest absolute Gasteiger partial charge is 0.207 e. The summed E-state index contributed by atoms with van der Waals surface area (Å²) in [7, 11) is -0.861. The van der Waals surface area contributed by atoms with E-state index in [1.165, 1.54) is 0 Å². The molecule has 3 atom stereocenters. The van der Waals surface area contributed by atoms with Gasteiger partial charge in [-0.1, -0.05) is 32.4 Å². The molecule has 0 aromatic heterocycles. The van der Waals surface area contributed by atoms with E-state index in [9.17, 15) is 0 Å². The monoisotopic (exact) mass is 403 g/mol. The van der Waals surface area contributed by atoms with Gasteiger partial charge in [0.25, 0.3) is 0 Å². The summed E-state index contributed by atoms with van der Waals surface area (Å²) >= 11 is 6.34. The summed E-state index contributed by atoms with van der Waals surface area (Å²) in [6.45, 7) is 14.1. The summed E-state index contributed by atoms with van der Waals surface area (Å²) in [5.74, 6) is 1.38. The van der Waals surface area contributed by atoms with E-state index in [0.717, 1.165) is 30.2 Å². The maximum Gasteiger partial charge on any atom is 0.207 e. The number of nitrogens with zero attached hydrogens (tertiary/aromatic N) is 3. The topological polar surface area (TPSA) is 60.7 Å². The van der Waals surface area contributed by atoms with Crippen molar-refractivity contribution in [3.8, 4) is 6.07 Å². The predicted molar refractivity (Wildman–Crippen MR) is 112 cm³/mol. The third-order valence-electron chi connectivity index (χ3n) is 5.49. The normalized spacial score (nSPS) is 24.8. The molecule has 0 bridgehead atoms. The molecule has 0 aliphatic carbocycles. The number of aliphatic imine (C=N–C) groups is 1. The van der Waals surface area contributed by atoms with Crippen LogP contribution in [-0.2, 0) is 4.43 Å². The van der Waals surface area contributed by atoms with Crippen LogP contribution in [0.15, 0.2) is 17.1 Å². The van der Waals surface area contributed by atoms with Gasteiger partial charge in [0.15, 0.2) is 6.23 Å². The van der Waals surface area contributed by atoms with Gasteiger partial charge in [-0.3, -0.25) is 0 Å². The molecule has 0 spiro atoms. The minimum atomic E-state index is -0.861. The van der Waals surface area contributed by atoms with Gasteiger partial charge in [0.05, 0.1) is 16.6 Å². The van der Waals surface area contributed by atoms with Crippen LogP contribution in [0, 0.1) is 29.6 Å². The molecule has 2 heterocycles. The van der Waals surface area contributed by atoms with Gasteiger partial charge in [0.1, 0.15) is 6.07 Å². The minimum Gasteiger partial charge on any atom is -0.394 e. The van der Waals surface area contributed by atoms with Gasteiger partial charge < -0.3 is 14.6 Å². The molecule has 1 saturated heterocycles. The standard InChI is InChI=1S/C20H28ClN4OSi/c1-12-15(8-7-13(11-22)16(12)21)23-19-24-18(26-27(5)6)17-14(20(2,3)4)9-10-25(17)19/h7-8,14,17-18H,9-10H2,1-6H3,(H,23,24)/t14-,17+,18?/m0/s1. The number of halogens is 1. The van der Waals surface area contributed by atoms with Crippen LogP contribution in [0.5, 0.6) is 0 Å². The second-order valence-electron chi connectivity index (χ2n) is 8.65. The molecule has 7 heteroatoms. The van der Waals surface area contributed by atoms with Crippen molar-refractivity contribution in [3.05, 3.63) is 28.3 Å². The maximum atomic E-state index is 9.16. The van der Waals surface area contributed by atoms with Crippen LogP contribution in [0.4, 0.5) is 5.69 Å². The van der Waals surface area contributed by atoms with Crippen LogP contribution < -0.4 is 5.32 Å². The molecule has 3 rings (SSSR count). The highest BCUT2D eigenvalue weighted by Crippen LogP contribution is 2.43.